The summed E-state index contributed by atoms with van der Waals surface area (Å²) in [5.41, 5.74) is 5.29. The van der Waals surface area contributed by atoms with Crippen LogP contribution >= 0.6 is 12.2 Å². The first-order valence-corrected chi connectivity index (χ1v) is 15.3. The van der Waals surface area contributed by atoms with Gasteiger partial charge in [-0.1, -0.05) is 177 Å². The molecule has 212 valence electrons. The lowest BCUT2D eigenvalue weighted by molar-refractivity contribution is 0.519. The third kappa shape index (κ3) is 5.57. The minimum atomic E-state index is -0.738. The van der Waals surface area contributed by atoms with Crippen LogP contribution in [0, 0.1) is 5.92 Å². The molecule has 1 aliphatic carbocycles. The molecule has 1 aliphatic rings. The molecule has 0 fully saturated rings. The highest BCUT2D eigenvalue weighted by atomic mass is 32.1. The summed E-state index contributed by atoms with van der Waals surface area (Å²) in [6, 6.07) is 53.0. The fourth-order valence-electron chi connectivity index (χ4n) is 6.25. The Hall–Kier alpha value is -4.73. The monoisotopic (exact) mass is 576 g/mol. The molecule has 5 aromatic carbocycles. The molecule has 1 unspecified atom stereocenters. The Morgan fingerprint density at radius 3 is 1.19 bits per heavy atom. The summed E-state index contributed by atoms with van der Waals surface area (Å²) in [6.07, 6.45) is 7.90. The van der Waals surface area contributed by atoms with Gasteiger partial charge in [0.1, 0.15) is 11.1 Å². The van der Waals surface area contributed by atoms with E-state index in [-0.39, 0.29) is 0 Å². The number of hydrogen-bond acceptors (Lipinski definition) is 1. The molecule has 0 bridgehead atoms. The highest BCUT2D eigenvalue weighted by Gasteiger charge is 2.42. The van der Waals surface area contributed by atoms with Gasteiger partial charge in [0.2, 0.25) is 0 Å². The Kier molecular flexibility index (Phi) is 8.35. The number of thiocarbonyl (C=S) groups is 1. The maximum atomic E-state index is 6.37. The summed E-state index contributed by atoms with van der Waals surface area (Å²) in [6.45, 7) is 2.25. The molecule has 0 saturated heterocycles. The fraction of sp³-hybridized carbons (Fsp3) is 0.125. The van der Waals surface area contributed by atoms with E-state index in [1.54, 1.807) is 0 Å². The van der Waals surface area contributed by atoms with Crippen LogP contribution in [-0.4, -0.2) is 5.11 Å². The molecule has 43 heavy (non-hydrogen) atoms. The van der Waals surface area contributed by atoms with Gasteiger partial charge in [0.25, 0.3) is 0 Å². The summed E-state index contributed by atoms with van der Waals surface area (Å²) in [7, 11) is 0. The average molecular weight is 577 g/mol. The van der Waals surface area contributed by atoms with Gasteiger partial charge in [-0.3, -0.25) is 0 Å². The van der Waals surface area contributed by atoms with Crippen molar-refractivity contribution in [1.82, 2.24) is 10.6 Å². The number of benzene rings is 5. The Balaban J connectivity index is 1.54. The summed E-state index contributed by atoms with van der Waals surface area (Å²) >= 11 is 6.37. The predicted molar refractivity (Wildman–Crippen MR) is 183 cm³/mol. The quantitative estimate of drug-likeness (QED) is 0.142. The molecule has 6 rings (SSSR count). The first-order chi connectivity index (χ1) is 21.1. The number of hydrogen-bond donors (Lipinski definition) is 2. The van der Waals surface area contributed by atoms with Crippen LogP contribution < -0.4 is 10.6 Å². The maximum Gasteiger partial charge on any atom is 0.168 e. The van der Waals surface area contributed by atoms with E-state index in [9.17, 15) is 0 Å². The van der Waals surface area contributed by atoms with E-state index in [1.807, 2.05) is 0 Å². The van der Waals surface area contributed by atoms with Gasteiger partial charge in [-0.15, -0.1) is 0 Å². The van der Waals surface area contributed by atoms with Gasteiger partial charge in [-0.25, -0.2) is 0 Å². The zero-order chi connectivity index (χ0) is 29.5. The van der Waals surface area contributed by atoms with Crippen LogP contribution in [0.4, 0.5) is 0 Å². The topological polar surface area (TPSA) is 24.1 Å². The Morgan fingerprint density at radius 2 is 0.860 bits per heavy atom. The van der Waals surface area contributed by atoms with Crippen molar-refractivity contribution in [3.8, 4) is 0 Å². The Bertz CT molecular complexity index is 1560. The number of nitrogens with one attached hydrogen (secondary N) is 2. The largest absolute Gasteiger partial charge is 0.345 e. The van der Waals surface area contributed by atoms with Crippen molar-refractivity contribution in [1.29, 1.82) is 0 Å². The molecule has 0 heterocycles. The fourth-order valence-corrected chi connectivity index (χ4v) is 6.56. The number of allylic oxidation sites excluding steroid dienone is 2. The van der Waals surface area contributed by atoms with Gasteiger partial charge < -0.3 is 10.6 Å². The zero-order valence-corrected chi connectivity index (χ0v) is 25.2. The minimum absolute atomic E-state index is 0.486. The van der Waals surface area contributed by atoms with Crippen LogP contribution in [0.2, 0.25) is 0 Å². The molecule has 0 saturated carbocycles. The molecular weight excluding hydrogens is 541 g/mol. The molecule has 1 atom stereocenters. The standard InChI is InChI=1S/C40H36N2S/c1-31-27-29-37(30-28-31)40(35-23-13-5-14-24-35,36-25-15-6-16-26-36)42-38(43)41-39(32-17-7-2-8-18-32,33-19-9-3-10-20-33)34-21-11-4-12-22-34/h2-27,29-31H,28H2,1H3,(H2,41,42,43). The third-order valence-electron chi connectivity index (χ3n) is 8.38. The van der Waals surface area contributed by atoms with Crippen LogP contribution in [0.1, 0.15) is 41.2 Å². The average Bonchev–Trinajstić information content (AvgIpc) is 3.08. The second-order valence-electron chi connectivity index (χ2n) is 11.1. The van der Waals surface area contributed by atoms with Crippen LogP contribution in [0.25, 0.3) is 0 Å². The highest BCUT2D eigenvalue weighted by molar-refractivity contribution is 7.80. The highest BCUT2D eigenvalue weighted by Crippen LogP contribution is 2.41. The molecule has 0 amide bonds. The van der Waals surface area contributed by atoms with Crippen molar-refractivity contribution in [2.24, 2.45) is 5.92 Å². The predicted octanol–water partition coefficient (Wildman–Crippen LogP) is 8.91. The molecule has 3 heteroatoms. The summed E-state index contributed by atoms with van der Waals surface area (Å²) < 4.78 is 0. The van der Waals surface area contributed by atoms with Crippen LogP contribution in [-0.2, 0) is 11.1 Å². The summed E-state index contributed by atoms with van der Waals surface area (Å²) in [5.74, 6) is 0.486. The minimum Gasteiger partial charge on any atom is -0.345 e. The molecule has 0 spiro atoms. The van der Waals surface area contributed by atoms with Gasteiger partial charge in [0.05, 0.1) is 0 Å². The first-order valence-electron chi connectivity index (χ1n) is 14.9. The maximum absolute atomic E-state index is 6.37. The van der Waals surface area contributed by atoms with Crippen molar-refractivity contribution in [2.45, 2.75) is 24.4 Å². The van der Waals surface area contributed by atoms with Gasteiger partial charge >= 0.3 is 0 Å². The van der Waals surface area contributed by atoms with E-state index in [1.165, 1.54) is 5.57 Å². The van der Waals surface area contributed by atoms with Gasteiger partial charge in [0.15, 0.2) is 5.11 Å². The Labute approximate surface area is 260 Å². The second-order valence-corrected chi connectivity index (χ2v) is 11.5. The number of rotatable bonds is 8. The molecular formula is C40H36N2S. The van der Waals surface area contributed by atoms with Gasteiger partial charge in [0, 0.05) is 0 Å². The van der Waals surface area contributed by atoms with Crippen LogP contribution in [0.3, 0.4) is 0 Å². The van der Waals surface area contributed by atoms with E-state index in [2.05, 4.69) is 187 Å². The van der Waals surface area contributed by atoms with E-state index in [0.29, 0.717) is 11.0 Å². The van der Waals surface area contributed by atoms with Gasteiger partial charge in [-0.2, -0.15) is 0 Å². The van der Waals surface area contributed by atoms with Crippen LogP contribution in [0.5, 0.6) is 0 Å². The van der Waals surface area contributed by atoms with Crippen molar-refractivity contribution in [3.63, 3.8) is 0 Å². The zero-order valence-electron chi connectivity index (χ0n) is 24.4. The lowest BCUT2D eigenvalue weighted by atomic mass is 9.74. The Morgan fingerprint density at radius 1 is 0.535 bits per heavy atom. The van der Waals surface area contributed by atoms with Crippen LogP contribution in [0.15, 0.2) is 175 Å². The second kappa shape index (κ2) is 12.6. The molecule has 0 radical (unpaired) electrons. The molecule has 5 aromatic rings. The molecule has 0 aliphatic heterocycles. The lowest BCUT2D eigenvalue weighted by Gasteiger charge is -2.43. The molecule has 2 N–H and O–H groups in total. The SMILES string of the molecule is CC1C=CC(C(NC(=S)NC(c2ccccc2)(c2ccccc2)c2ccccc2)(c2ccccc2)c2ccccc2)=CC1. The molecule has 0 aromatic heterocycles. The van der Waals surface area contributed by atoms with E-state index in [0.717, 1.165) is 34.2 Å². The summed E-state index contributed by atoms with van der Waals surface area (Å²) in [5, 5.41) is 8.36. The van der Waals surface area contributed by atoms with Crippen molar-refractivity contribution < 1.29 is 0 Å². The summed E-state index contributed by atoms with van der Waals surface area (Å²) in [4.78, 5) is 0. The van der Waals surface area contributed by atoms with Crippen molar-refractivity contribution >= 4 is 17.3 Å². The van der Waals surface area contributed by atoms with Gasteiger partial charge in [-0.05, 0) is 57.9 Å². The molecule has 2 nitrogen and oxygen atoms in total. The van der Waals surface area contributed by atoms with Crippen molar-refractivity contribution in [3.05, 3.63) is 203 Å². The first kappa shape index (κ1) is 28.4. The smallest absolute Gasteiger partial charge is 0.168 e. The third-order valence-corrected chi connectivity index (χ3v) is 8.59. The van der Waals surface area contributed by atoms with E-state index >= 15 is 0 Å². The normalized spacial score (nSPS) is 14.9. The van der Waals surface area contributed by atoms with E-state index in [4.69, 9.17) is 12.2 Å². The lowest BCUT2D eigenvalue weighted by Crippen LogP contribution is -2.57. The van der Waals surface area contributed by atoms with E-state index < -0.39 is 11.1 Å². The van der Waals surface area contributed by atoms with Crippen molar-refractivity contribution in [2.75, 3.05) is 0 Å².